The molecule has 4 nitrogen and oxygen atoms in total. The first-order chi connectivity index (χ1) is 8.69. The average Bonchev–Trinajstić information content (AvgIpc) is 2.85. The summed E-state index contributed by atoms with van der Waals surface area (Å²) in [7, 11) is 0. The lowest BCUT2D eigenvalue weighted by atomic mass is 10.0. The van der Waals surface area contributed by atoms with Crippen molar-refractivity contribution < 1.29 is 13.7 Å². The van der Waals surface area contributed by atoms with Crippen LogP contribution in [0.25, 0.3) is 21.9 Å². The maximum Gasteiger partial charge on any atom is 0.138 e. The Balaban J connectivity index is 2.32. The molecule has 0 aliphatic rings. The molecule has 0 bridgehead atoms. The van der Waals surface area contributed by atoms with E-state index in [0.717, 1.165) is 39.0 Å². The van der Waals surface area contributed by atoms with Crippen LogP contribution >= 0.6 is 0 Å². The van der Waals surface area contributed by atoms with Crippen LogP contribution in [0.3, 0.4) is 0 Å². The van der Waals surface area contributed by atoms with Gasteiger partial charge in [-0.3, -0.25) is 0 Å². The summed E-state index contributed by atoms with van der Waals surface area (Å²) in [6.45, 7) is 4.34. The fraction of sp³-hybridized carbons (Fsp3) is 0.286. The molecule has 18 heavy (non-hydrogen) atoms. The molecule has 2 N–H and O–H groups in total. The van der Waals surface area contributed by atoms with Crippen LogP contribution in [0.15, 0.2) is 27.0 Å². The molecular formula is C14H15NO3. The lowest BCUT2D eigenvalue weighted by molar-refractivity contribution is 0.141. The number of fused-ring (bicyclic) bond motifs is 2. The van der Waals surface area contributed by atoms with Gasteiger partial charge in [0, 0.05) is 22.8 Å². The molecule has 0 atom stereocenters. The van der Waals surface area contributed by atoms with E-state index >= 15 is 0 Å². The van der Waals surface area contributed by atoms with E-state index in [0.29, 0.717) is 13.0 Å². The second kappa shape index (κ2) is 4.15. The second-order valence-electron chi connectivity index (χ2n) is 4.52. The van der Waals surface area contributed by atoms with Gasteiger partial charge in [0.05, 0.1) is 6.61 Å². The SMILES string of the molecule is Cc1cc2c(CCON)c3oc(C)cc3cc2o1. The van der Waals surface area contributed by atoms with Gasteiger partial charge in [-0.1, -0.05) is 0 Å². The Morgan fingerprint density at radius 2 is 1.89 bits per heavy atom. The molecule has 2 aromatic heterocycles. The molecule has 0 amide bonds. The first kappa shape index (κ1) is 11.3. The standard InChI is InChI=1S/C14H15NO3/c1-8-5-10-7-13-12(6-9(2)17-13)11(3-4-16-15)14(10)18-8/h5-7H,3-4,15H2,1-2H3. The summed E-state index contributed by atoms with van der Waals surface area (Å²) in [6.07, 6.45) is 0.705. The van der Waals surface area contributed by atoms with E-state index in [2.05, 4.69) is 4.84 Å². The van der Waals surface area contributed by atoms with Crippen LogP contribution in [0.2, 0.25) is 0 Å². The van der Waals surface area contributed by atoms with E-state index in [1.165, 1.54) is 0 Å². The van der Waals surface area contributed by atoms with Crippen molar-refractivity contribution in [3.8, 4) is 0 Å². The van der Waals surface area contributed by atoms with Gasteiger partial charge in [0.25, 0.3) is 0 Å². The molecule has 0 saturated heterocycles. The summed E-state index contributed by atoms with van der Waals surface area (Å²) in [4.78, 5) is 4.68. The number of nitrogens with two attached hydrogens (primary N) is 1. The van der Waals surface area contributed by atoms with Crippen molar-refractivity contribution in [2.45, 2.75) is 20.3 Å². The third kappa shape index (κ3) is 1.70. The normalized spacial score (nSPS) is 11.7. The molecule has 3 rings (SSSR count). The summed E-state index contributed by atoms with van der Waals surface area (Å²) in [5.74, 6) is 6.91. The van der Waals surface area contributed by atoms with Gasteiger partial charge in [-0.05, 0) is 32.0 Å². The fourth-order valence-electron chi connectivity index (χ4n) is 2.43. The Morgan fingerprint density at radius 3 is 2.67 bits per heavy atom. The third-order valence-corrected chi connectivity index (χ3v) is 3.12. The van der Waals surface area contributed by atoms with E-state index in [4.69, 9.17) is 14.7 Å². The van der Waals surface area contributed by atoms with Crippen LogP contribution in [0.4, 0.5) is 0 Å². The maximum absolute atomic E-state index is 5.78. The monoisotopic (exact) mass is 245 g/mol. The summed E-state index contributed by atoms with van der Waals surface area (Å²) in [5, 5.41) is 2.13. The molecule has 0 aliphatic heterocycles. The number of aryl methyl sites for hydroxylation is 2. The summed E-state index contributed by atoms with van der Waals surface area (Å²) >= 11 is 0. The summed E-state index contributed by atoms with van der Waals surface area (Å²) in [5.41, 5.74) is 2.88. The number of benzene rings is 1. The van der Waals surface area contributed by atoms with Gasteiger partial charge in [-0.25, -0.2) is 5.90 Å². The number of hydrogen-bond donors (Lipinski definition) is 1. The van der Waals surface area contributed by atoms with Gasteiger partial charge in [0.1, 0.15) is 22.7 Å². The Morgan fingerprint density at radius 1 is 1.11 bits per heavy atom. The summed E-state index contributed by atoms with van der Waals surface area (Å²) in [6, 6.07) is 6.05. The molecule has 0 spiro atoms. The predicted molar refractivity (Wildman–Crippen MR) is 69.3 cm³/mol. The first-order valence-electron chi connectivity index (χ1n) is 5.93. The molecule has 0 radical (unpaired) electrons. The molecule has 3 aromatic rings. The minimum Gasteiger partial charge on any atom is -0.461 e. The highest BCUT2D eigenvalue weighted by Crippen LogP contribution is 2.32. The first-order valence-corrected chi connectivity index (χ1v) is 5.93. The predicted octanol–water partition coefficient (Wildman–Crippen LogP) is 3.23. The van der Waals surface area contributed by atoms with Crippen molar-refractivity contribution >= 4 is 21.9 Å². The van der Waals surface area contributed by atoms with Crippen LogP contribution in [0.1, 0.15) is 17.1 Å². The molecule has 2 heterocycles. The molecule has 94 valence electrons. The number of hydrogen-bond acceptors (Lipinski definition) is 4. The van der Waals surface area contributed by atoms with Crippen molar-refractivity contribution in [3.63, 3.8) is 0 Å². The number of furan rings is 2. The minimum atomic E-state index is 0.457. The van der Waals surface area contributed by atoms with E-state index in [9.17, 15) is 0 Å². The van der Waals surface area contributed by atoms with Crippen molar-refractivity contribution in [1.29, 1.82) is 0 Å². The van der Waals surface area contributed by atoms with Crippen molar-refractivity contribution in [2.24, 2.45) is 5.90 Å². The average molecular weight is 245 g/mol. The molecule has 0 saturated carbocycles. The molecule has 0 aliphatic carbocycles. The zero-order valence-corrected chi connectivity index (χ0v) is 10.4. The van der Waals surface area contributed by atoms with Crippen molar-refractivity contribution in [1.82, 2.24) is 0 Å². The quantitative estimate of drug-likeness (QED) is 0.719. The van der Waals surface area contributed by atoms with E-state index < -0.39 is 0 Å². The lowest BCUT2D eigenvalue weighted by Gasteiger charge is -2.03. The lowest BCUT2D eigenvalue weighted by Crippen LogP contribution is -2.04. The highest BCUT2D eigenvalue weighted by Gasteiger charge is 2.14. The van der Waals surface area contributed by atoms with Crippen LogP contribution in [0, 0.1) is 13.8 Å². The highest BCUT2D eigenvalue weighted by atomic mass is 16.6. The van der Waals surface area contributed by atoms with Gasteiger partial charge in [-0.2, -0.15) is 0 Å². The van der Waals surface area contributed by atoms with Gasteiger partial charge < -0.3 is 13.7 Å². The Bertz CT molecular complexity index is 654. The molecule has 0 unspecified atom stereocenters. The van der Waals surface area contributed by atoms with E-state index in [-0.39, 0.29) is 0 Å². The zero-order chi connectivity index (χ0) is 12.7. The smallest absolute Gasteiger partial charge is 0.138 e. The van der Waals surface area contributed by atoms with E-state index in [1.54, 1.807) is 0 Å². The van der Waals surface area contributed by atoms with Crippen molar-refractivity contribution in [3.05, 3.63) is 35.3 Å². The van der Waals surface area contributed by atoms with E-state index in [1.807, 2.05) is 32.0 Å². The van der Waals surface area contributed by atoms with Crippen LogP contribution in [-0.4, -0.2) is 6.61 Å². The van der Waals surface area contributed by atoms with Gasteiger partial charge in [0.2, 0.25) is 0 Å². The Hall–Kier alpha value is -1.78. The van der Waals surface area contributed by atoms with Gasteiger partial charge in [-0.15, -0.1) is 0 Å². The Kier molecular flexibility index (Phi) is 2.61. The third-order valence-electron chi connectivity index (χ3n) is 3.12. The van der Waals surface area contributed by atoms with Crippen LogP contribution in [0.5, 0.6) is 0 Å². The van der Waals surface area contributed by atoms with Gasteiger partial charge in [0.15, 0.2) is 0 Å². The minimum absolute atomic E-state index is 0.457. The van der Waals surface area contributed by atoms with Crippen LogP contribution < -0.4 is 5.90 Å². The van der Waals surface area contributed by atoms with Crippen LogP contribution in [-0.2, 0) is 11.3 Å². The molecule has 1 aromatic carbocycles. The van der Waals surface area contributed by atoms with Gasteiger partial charge >= 0.3 is 0 Å². The molecular weight excluding hydrogens is 230 g/mol. The maximum atomic E-state index is 5.78. The summed E-state index contributed by atoms with van der Waals surface area (Å²) < 4.78 is 11.5. The zero-order valence-electron chi connectivity index (χ0n) is 10.4. The second-order valence-corrected chi connectivity index (χ2v) is 4.52. The Labute approximate surface area is 104 Å². The largest absolute Gasteiger partial charge is 0.461 e. The van der Waals surface area contributed by atoms with Crippen molar-refractivity contribution in [2.75, 3.05) is 6.61 Å². The molecule has 4 heteroatoms. The topological polar surface area (TPSA) is 61.5 Å². The fourth-order valence-corrected chi connectivity index (χ4v) is 2.43. The highest BCUT2D eigenvalue weighted by molar-refractivity contribution is 5.98. The number of rotatable bonds is 3. The molecule has 0 fully saturated rings.